The van der Waals surface area contributed by atoms with Crippen molar-refractivity contribution in [2.75, 3.05) is 6.61 Å². The Balaban J connectivity index is 3.07. The number of carbonyl (C=O) groups excluding carboxylic acids is 1. The lowest BCUT2D eigenvalue weighted by molar-refractivity contribution is -0.178. The van der Waals surface area contributed by atoms with Gasteiger partial charge < -0.3 is 36.0 Å². The number of aliphatic hydroxyl groups excluding tert-OH is 4. The number of carbonyl (C=O) groups is 2. The van der Waals surface area contributed by atoms with Gasteiger partial charge in [-0.2, -0.15) is 0 Å². The fourth-order valence-electron chi connectivity index (χ4n) is 2.70. The molecule has 1 amide bonds. The quantitative estimate of drug-likeness (QED) is 0.278. The van der Waals surface area contributed by atoms with Crippen molar-refractivity contribution >= 4 is 11.9 Å². The highest BCUT2D eigenvalue weighted by atomic mass is 16.4. The summed E-state index contributed by atoms with van der Waals surface area (Å²) < 4.78 is 0. The molecule has 1 aliphatic carbocycles. The smallest absolute Gasteiger partial charge is 0.335 e. The molecule has 0 aromatic carbocycles. The van der Waals surface area contributed by atoms with Crippen LogP contribution in [0.15, 0.2) is 0 Å². The third-order valence-electron chi connectivity index (χ3n) is 3.78. The highest BCUT2D eigenvalue weighted by Crippen LogP contribution is 2.36. The molecular formula is C12H21NO8. The van der Waals surface area contributed by atoms with E-state index in [0.717, 1.165) is 0 Å². The van der Waals surface area contributed by atoms with Gasteiger partial charge in [0.2, 0.25) is 5.91 Å². The van der Waals surface area contributed by atoms with Gasteiger partial charge in [0.15, 0.2) is 5.60 Å². The monoisotopic (exact) mass is 307 g/mol. The van der Waals surface area contributed by atoms with Crippen molar-refractivity contribution in [1.29, 1.82) is 0 Å². The molecule has 1 fully saturated rings. The van der Waals surface area contributed by atoms with Crippen LogP contribution >= 0.6 is 0 Å². The molecule has 0 heterocycles. The second-order valence-corrected chi connectivity index (χ2v) is 5.44. The minimum absolute atomic E-state index is 0.484. The van der Waals surface area contributed by atoms with Crippen LogP contribution in [0.2, 0.25) is 0 Å². The molecule has 1 saturated carbocycles. The first-order valence-electron chi connectivity index (χ1n) is 6.50. The number of aliphatic carboxylic acids is 1. The lowest BCUT2D eigenvalue weighted by Crippen LogP contribution is -2.62. The highest BCUT2D eigenvalue weighted by Gasteiger charge is 2.52. The average molecular weight is 307 g/mol. The first kappa shape index (κ1) is 17.8. The highest BCUT2D eigenvalue weighted by molar-refractivity contribution is 5.78. The molecule has 0 aromatic heterocycles. The standard InChI is InChI=1S/C12H21NO8/c1-5(15)13-9-6(10(18)8(17)4-14)2-12(21,11(19)20)3-7(9)16/h6-10,14,16-18,21H,2-4H2,1H3,(H,13,15)(H,19,20)/t6-,7-,8+,9-,10-,12+/m0/s1. The molecule has 0 bridgehead atoms. The van der Waals surface area contributed by atoms with Crippen molar-refractivity contribution in [3.8, 4) is 0 Å². The molecule has 6 atom stereocenters. The van der Waals surface area contributed by atoms with E-state index in [9.17, 15) is 30.0 Å². The Morgan fingerprint density at radius 3 is 2.33 bits per heavy atom. The Hall–Kier alpha value is -1.26. The summed E-state index contributed by atoms with van der Waals surface area (Å²) in [6.07, 6.45) is -5.63. The van der Waals surface area contributed by atoms with Crippen LogP contribution < -0.4 is 5.32 Å². The van der Waals surface area contributed by atoms with E-state index in [0.29, 0.717) is 0 Å². The molecule has 1 rings (SSSR count). The molecule has 122 valence electrons. The number of hydrogen-bond donors (Lipinski definition) is 7. The normalized spacial score (nSPS) is 35.8. The Bertz CT molecular complexity index is 403. The number of hydrogen-bond acceptors (Lipinski definition) is 7. The third-order valence-corrected chi connectivity index (χ3v) is 3.78. The number of amides is 1. The van der Waals surface area contributed by atoms with Crippen LogP contribution in [-0.2, 0) is 9.59 Å². The summed E-state index contributed by atoms with van der Waals surface area (Å²) in [5, 5.41) is 59.8. The van der Waals surface area contributed by atoms with Crippen molar-refractivity contribution in [2.24, 2.45) is 5.92 Å². The van der Waals surface area contributed by atoms with E-state index < -0.39 is 67.2 Å². The molecule has 0 radical (unpaired) electrons. The van der Waals surface area contributed by atoms with Crippen LogP contribution in [-0.4, -0.2) is 79.1 Å². The summed E-state index contributed by atoms with van der Waals surface area (Å²) in [5.41, 5.74) is -2.28. The number of carboxylic acids is 1. The second-order valence-electron chi connectivity index (χ2n) is 5.44. The van der Waals surface area contributed by atoms with Gasteiger partial charge in [-0.15, -0.1) is 0 Å². The third kappa shape index (κ3) is 3.89. The summed E-state index contributed by atoms with van der Waals surface area (Å²) in [6, 6.07) is -1.04. The van der Waals surface area contributed by atoms with E-state index in [4.69, 9.17) is 10.2 Å². The zero-order valence-electron chi connectivity index (χ0n) is 11.5. The summed E-state index contributed by atoms with van der Waals surface area (Å²) in [7, 11) is 0. The minimum Gasteiger partial charge on any atom is -0.479 e. The summed E-state index contributed by atoms with van der Waals surface area (Å²) in [5.74, 6) is -3.23. The van der Waals surface area contributed by atoms with Gasteiger partial charge in [0.1, 0.15) is 6.10 Å². The zero-order chi connectivity index (χ0) is 16.4. The molecule has 0 aromatic rings. The van der Waals surface area contributed by atoms with Gasteiger partial charge in [0.25, 0.3) is 0 Å². The fourth-order valence-corrected chi connectivity index (χ4v) is 2.70. The van der Waals surface area contributed by atoms with Crippen LogP contribution in [0.1, 0.15) is 19.8 Å². The molecule has 9 nitrogen and oxygen atoms in total. The SMILES string of the molecule is CC(=O)N[C@H]1[C@@H]([C@H](O)[C@H](O)CO)C[C@](O)(C(=O)O)C[C@@H]1O. The topological polar surface area (TPSA) is 168 Å². The number of rotatable bonds is 5. The van der Waals surface area contributed by atoms with Crippen molar-refractivity contribution in [3.05, 3.63) is 0 Å². The largest absolute Gasteiger partial charge is 0.479 e. The van der Waals surface area contributed by atoms with Crippen molar-refractivity contribution in [1.82, 2.24) is 5.32 Å². The van der Waals surface area contributed by atoms with Gasteiger partial charge in [0, 0.05) is 19.3 Å². The molecular weight excluding hydrogens is 286 g/mol. The predicted octanol–water partition coefficient (Wildman–Crippen LogP) is -3.21. The number of aliphatic hydroxyl groups is 5. The van der Waals surface area contributed by atoms with Gasteiger partial charge in [-0.3, -0.25) is 4.79 Å². The van der Waals surface area contributed by atoms with Crippen LogP contribution in [0, 0.1) is 5.92 Å². The Kier molecular flexibility index (Phi) is 5.65. The van der Waals surface area contributed by atoms with Crippen LogP contribution in [0.3, 0.4) is 0 Å². The van der Waals surface area contributed by atoms with Gasteiger partial charge in [0.05, 0.1) is 24.9 Å². The second kappa shape index (κ2) is 6.67. The van der Waals surface area contributed by atoms with E-state index in [1.165, 1.54) is 6.92 Å². The lowest BCUT2D eigenvalue weighted by atomic mass is 9.70. The molecule has 21 heavy (non-hydrogen) atoms. The van der Waals surface area contributed by atoms with Crippen molar-refractivity contribution in [2.45, 2.75) is 49.7 Å². The fraction of sp³-hybridized carbons (Fsp3) is 0.833. The molecule has 9 heteroatoms. The predicted molar refractivity (Wildman–Crippen MR) is 68.0 cm³/mol. The Morgan fingerprint density at radius 1 is 1.33 bits per heavy atom. The number of nitrogens with one attached hydrogen (secondary N) is 1. The van der Waals surface area contributed by atoms with Gasteiger partial charge in [-0.25, -0.2) is 4.79 Å². The molecule has 0 spiro atoms. The first-order chi connectivity index (χ1) is 9.62. The van der Waals surface area contributed by atoms with Crippen LogP contribution in [0.4, 0.5) is 0 Å². The minimum atomic E-state index is -2.28. The van der Waals surface area contributed by atoms with Gasteiger partial charge >= 0.3 is 5.97 Å². The Labute approximate surface area is 120 Å². The molecule has 0 saturated heterocycles. The maximum Gasteiger partial charge on any atom is 0.335 e. The molecule has 0 unspecified atom stereocenters. The van der Waals surface area contributed by atoms with Crippen LogP contribution in [0.5, 0.6) is 0 Å². The van der Waals surface area contributed by atoms with E-state index in [-0.39, 0.29) is 0 Å². The molecule has 7 N–H and O–H groups in total. The lowest BCUT2D eigenvalue weighted by Gasteiger charge is -2.44. The molecule has 0 aliphatic heterocycles. The Morgan fingerprint density at radius 2 is 1.90 bits per heavy atom. The van der Waals surface area contributed by atoms with Crippen LogP contribution in [0.25, 0.3) is 0 Å². The molecule has 1 aliphatic rings. The van der Waals surface area contributed by atoms with E-state index in [1.807, 2.05) is 0 Å². The van der Waals surface area contributed by atoms with Gasteiger partial charge in [-0.1, -0.05) is 0 Å². The average Bonchev–Trinajstić information content (AvgIpc) is 2.39. The van der Waals surface area contributed by atoms with E-state index >= 15 is 0 Å². The summed E-state index contributed by atoms with van der Waals surface area (Å²) >= 11 is 0. The number of carboxylic acid groups (broad SMARTS) is 1. The maximum absolute atomic E-state index is 11.2. The maximum atomic E-state index is 11.2. The summed E-state index contributed by atoms with van der Waals surface area (Å²) in [6.45, 7) is 0.392. The first-order valence-corrected chi connectivity index (χ1v) is 6.50. The van der Waals surface area contributed by atoms with E-state index in [2.05, 4.69) is 5.32 Å². The van der Waals surface area contributed by atoms with E-state index in [1.54, 1.807) is 0 Å². The van der Waals surface area contributed by atoms with Gasteiger partial charge in [-0.05, 0) is 6.42 Å². The summed E-state index contributed by atoms with van der Waals surface area (Å²) in [4.78, 5) is 22.3. The van der Waals surface area contributed by atoms with Crippen molar-refractivity contribution in [3.63, 3.8) is 0 Å². The zero-order valence-corrected chi connectivity index (χ0v) is 11.5. The van der Waals surface area contributed by atoms with Crippen molar-refractivity contribution < 1.29 is 40.2 Å².